The minimum Gasteiger partial charge on any atom is -0.453 e. The fraction of sp³-hybridized carbons (Fsp3) is 0.441. The molecule has 0 unspecified atom stereocenters. The first-order chi connectivity index (χ1) is 21.5. The third kappa shape index (κ3) is 9.90. The number of hydrogen-bond acceptors (Lipinski definition) is 10. The maximum Gasteiger partial charge on any atom is 0.417 e. The van der Waals surface area contributed by atoms with Crippen molar-refractivity contribution in [2.45, 2.75) is 58.8 Å². The van der Waals surface area contributed by atoms with Crippen LogP contribution in [0.15, 0.2) is 60.7 Å². The number of rotatable bonds is 17. The van der Waals surface area contributed by atoms with E-state index in [0.717, 1.165) is 23.5 Å². The van der Waals surface area contributed by atoms with Gasteiger partial charge < -0.3 is 24.1 Å². The lowest BCUT2D eigenvalue weighted by Gasteiger charge is -2.26. The van der Waals surface area contributed by atoms with Crippen LogP contribution in [0.1, 0.15) is 56.4 Å². The molecule has 0 aliphatic carbocycles. The Morgan fingerprint density at radius 2 is 1.69 bits per heavy atom. The van der Waals surface area contributed by atoms with Gasteiger partial charge in [-0.05, 0) is 44.4 Å². The van der Waals surface area contributed by atoms with Crippen LogP contribution in [-0.2, 0) is 38.1 Å². The number of nitrogens with zero attached hydrogens (tertiary/aromatic N) is 1. The summed E-state index contributed by atoms with van der Waals surface area (Å²) >= 11 is 0. The SMILES string of the molecule is CC(=O)O[C@@H](C(=O)C=C(C(=O)CCCOCCOCCO)c1cccc(C)c1)[C@@H](C)C(=O)N1C(=O)O[C@@H](c2ccccc2)[C@H]1C. The molecule has 242 valence electrons. The molecule has 0 aromatic heterocycles. The van der Waals surface area contributed by atoms with Crippen LogP contribution in [0.4, 0.5) is 4.79 Å². The maximum absolute atomic E-state index is 13.7. The van der Waals surface area contributed by atoms with Gasteiger partial charge in [0.2, 0.25) is 5.91 Å². The van der Waals surface area contributed by atoms with Crippen molar-refractivity contribution in [2.75, 3.05) is 33.0 Å². The number of carbonyl (C=O) groups is 5. The van der Waals surface area contributed by atoms with E-state index in [9.17, 15) is 24.0 Å². The topological polar surface area (TPSA) is 146 Å². The summed E-state index contributed by atoms with van der Waals surface area (Å²) in [6, 6.07) is 15.3. The molecule has 1 heterocycles. The molecule has 11 nitrogen and oxygen atoms in total. The van der Waals surface area contributed by atoms with Crippen LogP contribution < -0.4 is 0 Å². The van der Waals surface area contributed by atoms with Crippen LogP contribution in [0.3, 0.4) is 0 Å². The van der Waals surface area contributed by atoms with E-state index in [4.69, 9.17) is 24.1 Å². The molecule has 2 aromatic rings. The van der Waals surface area contributed by atoms with Crippen molar-refractivity contribution >= 4 is 35.1 Å². The smallest absolute Gasteiger partial charge is 0.417 e. The molecule has 2 amide bonds. The zero-order valence-electron chi connectivity index (χ0n) is 26.1. The van der Waals surface area contributed by atoms with Gasteiger partial charge in [-0.2, -0.15) is 0 Å². The van der Waals surface area contributed by atoms with E-state index in [0.29, 0.717) is 30.8 Å². The van der Waals surface area contributed by atoms with Crippen LogP contribution in [0.2, 0.25) is 0 Å². The Morgan fingerprint density at radius 1 is 1.00 bits per heavy atom. The number of amides is 2. The number of cyclic esters (lactones) is 1. The number of benzene rings is 2. The molecular weight excluding hydrogens is 582 g/mol. The third-order valence-corrected chi connectivity index (χ3v) is 7.27. The molecule has 0 bridgehead atoms. The zero-order chi connectivity index (χ0) is 32.9. The molecule has 1 aliphatic heterocycles. The van der Waals surface area contributed by atoms with E-state index in [1.807, 2.05) is 19.1 Å². The van der Waals surface area contributed by atoms with Gasteiger partial charge in [-0.25, -0.2) is 9.69 Å². The Kier molecular flexibility index (Phi) is 13.6. The van der Waals surface area contributed by atoms with Crippen LogP contribution in [0.5, 0.6) is 0 Å². The second kappa shape index (κ2) is 17.3. The summed E-state index contributed by atoms with van der Waals surface area (Å²) in [5, 5.41) is 8.75. The Balaban J connectivity index is 1.81. The first kappa shape index (κ1) is 35.3. The van der Waals surface area contributed by atoms with Gasteiger partial charge in [-0.15, -0.1) is 0 Å². The van der Waals surface area contributed by atoms with Crippen molar-refractivity contribution in [3.8, 4) is 0 Å². The fourth-order valence-electron chi connectivity index (χ4n) is 5.00. The van der Waals surface area contributed by atoms with Crippen molar-refractivity contribution in [3.05, 3.63) is 77.4 Å². The number of hydrogen-bond donors (Lipinski definition) is 1. The van der Waals surface area contributed by atoms with E-state index in [2.05, 4.69) is 0 Å². The molecule has 11 heteroatoms. The number of Topliss-reactive ketones (excluding diaryl/α,β-unsaturated/α-hetero) is 1. The Morgan fingerprint density at radius 3 is 2.33 bits per heavy atom. The van der Waals surface area contributed by atoms with Gasteiger partial charge in [0.05, 0.1) is 38.4 Å². The predicted molar refractivity (Wildman–Crippen MR) is 164 cm³/mol. The van der Waals surface area contributed by atoms with Gasteiger partial charge in [-0.1, -0.05) is 60.2 Å². The Labute approximate surface area is 263 Å². The van der Waals surface area contributed by atoms with E-state index in [1.165, 1.54) is 6.92 Å². The summed E-state index contributed by atoms with van der Waals surface area (Å²) < 4.78 is 21.5. The molecule has 1 saturated heterocycles. The summed E-state index contributed by atoms with van der Waals surface area (Å²) in [6.45, 7) is 7.05. The normalized spacial score (nSPS) is 17.8. The monoisotopic (exact) mass is 623 g/mol. The number of ketones is 2. The van der Waals surface area contributed by atoms with E-state index in [-0.39, 0.29) is 37.6 Å². The highest BCUT2D eigenvalue weighted by Crippen LogP contribution is 2.34. The average molecular weight is 624 g/mol. The highest BCUT2D eigenvalue weighted by atomic mass is 16.6. The molecule has 4 atom stereocenters. The molecule has 2 aromatic carbocycles. The van der Waals surface area contributed by atoms with Gasteiger partial charge in [0.1, 0.15) is 6.10 Å². The minimum atomic E-state index is -1.60. The third-order valence-electron chi connectivity index (χ3n) is 7.27. The van der Waals surface area contributed by atoms with Crippen molar-refractivity contribution in [2.24, 2.45) is 5.92 Å². The predicted octanol–water partition coefficient (Wildman–Crippen LogP) is 4.00. The van der Waals surface area contributed by atoms with E-state index >= 15 is 0 Å². The van der Waals surface area contributed by atoms with E-state index < -0.39 is 47.9 Å². The van der Waals surface area contributed by atoms with Crippen molar-refractivity contribution in [3.63, 3.8) is 0 Å². The molecule has 1 aliphatic rings. The quantitative estimate of drug-likeness (QED) is 0.156. The number of carbonyl (C=O) groups excluding carboxylic acids is 5. The minimum absolute atomic E-state index is 0.0648. The number of aliphatic hydroxyl groups is 1. The number of ether oxygens (including phenoxy) is 4. The van der Waals surface area contributed by atoms with Gasteiger partial charge >= 0.3 is 12.1 Å². The molecule has 1 N–H and O–H groups in total. The van der Waals surface area contributed by atoms with E-state index in [1.54, 1.807) is 49.4 Å². The summed E-state index contributed by atoms with van der Waals surface area (Å²) in [4.78, 5) is 66.6. The molecule has 45 heavy (non-hydrogen) atoms. The van der Waals surface area contributed by atoms with Crippen LogP contribution in [0.25, 0.3) is 5.57 Å². The van der Waals surface area contributed by atoms with Crippen molar-refractivity contribution in [1.82, 2.24) is 4.90 Å². The second-order valence-electron chi connectivity index (χ2n) is 10.8. The molecule has 3 rings (SSSR count). The Hall–Kier alpha value is -4.19. The van der Waals surface area contributed by atoms with Crippen LogP contribution in [0, 0.1) is 12.8 Å². The zero-order valence-corrected chi connectivity index (χ0v) is 26.1. The highest BCUT2D eigenvalue weighted by molar-refractivity contribution is 6.25. The molecule has 0 radical (unpaired) electrons. The van der Waals surface area contributed by atoms with Gasteiger partial charge in [0.15, 0.2) is 17.7 Å². The van der Waals surface area contributed by atoms with Crippen molar-refractivity contribution in [1.29, 1.82) is 0 Å². The average Bonchev–Trinajstić information content (AvgIpc) is 3.32. The van der Waals surface area contributed by atoms with Gasteiger partial charge in [0.25, 0.3) is 0 Å². The van der Waals surface area contributed by atoms with Crippen LogP contribution >= 0.6 is 0 Å². The number of allylic oxidation sites excluding steroid dienone is 1. The number of esters is 1. The molecule has 0 saturated carbocycles. The van der Waals surface area contributed by atoms with Crippen LogP contribution in [-0.4, -0.2) is 84.7 Å². The lowest BCUT2D eigenvalue weighted by molar-refractivity contribution is -0.158. The highest BCUT2D eigenvalue weighted by Gasteiger charge is 2.47. The lowest BCUT2D eigenvalue weighted by atomic mass is 9.92. The summed E-state index contributed by atoms with van der Waals surface area (Å²) in [5.41, 5.74) is 2.16. The Bertz CT molecular complexity index is 1370. The molecule has 1 fully saturated rings. The molecule has 0 spiro atoms. The first-order valence-electron chi connectivity index (χ1n) is 14.9. The fourth-order valence-corrected chi connectivity index (χ4v) is 5.00. The standard InChI is InChI=1S/C34H41NO10/c1-22-10-8-13-27(20-22)28(29(38)14-9-16-42-18-19-43-17-15-36)21-30(39)31(44-25(4)37)23(2)33(40)35-24(3)32(45-34(35)41)26-11-6-5-7-12-26/h5-8,10-13,20-21,23-24,31-32,36H,9,14-19H2,1-4H3/t23-,24-,31-,32-/m1/s1. The first-order valence-corrected chi connectivity index (χ1v) is 14.9. The number of imide groups is 1. The van der Waals surface area contributed by atoms with Gasteiger partial charge in [-0.3, -0.25) is 19.2 Å². The lowest BCUT2D eigenvalue weighted by Crippen LogP contribution is -2.47. The molecular formula is C34H41NO10. The van der Waals surface area contributed by atoms with Crippen molar-refractivity contribution < 1.29 is 48.0 Å². The summed E-state index contributed by atoms with van der Waals surface area (Å²) in [7, 11) is 0. The second-order valence-corrected chi connectivity index (χ2v) is 10.8. The maximum atomic E-state index is 13.7. The summed E-state index contributed by atoms with van der Waals surface area (Å²) in [6.07, 6.45) is -1.63. The summed E-state index contributed by atoms with van der Waals surface area (Å²) in [5.74, 6) is -3.92. The largest absolute Gasteiger partial charge is 0.453 e. The number of aryl methyl sites for hydroxylation is 1. The van der Waals surface area contributed by atoms with Gasteiger partial charge in [0, 0.05) is 25.5 Å². The number of aliphatic hydroxyl groups excluding tert-OH is 1.